The molecule has 0 N–H and O–H groups in total. The van der Waals surface area contributed by atoms with Gasteiger partial charge in [0.25, 0.3) is 0 Å². The number of furan rings is 1. The second kappa shape index (κ2) is 7.15. The number of nitrogens with zero attached hydrogens (tertiary/aromatic N) is 4. The van der Waals surface area contributed by atoms with Gasteiger partial charge in [-0.1, -0.05) is 30.0 Å². The number of thioether (sulfide) groups is 1. The highest BCUT2D eigenvalue weighted by Gasteiger charge is 2.04. The van der Waals surface area contributed by atoms with Crippen molar-refractivity contribution < 1.29 is 9.15 Å². The third-order valence-corrected chi connectivity index (χ3v) is 3.77. The van der Waals surface area contributed by atoms with E-state index in [2.05, 4.69) is 15.3 Å². The van der Waals surface area contributed by atoms with Crippen molar-refractivity contribution in [2.24, 2.45) is 5.10 Å². The van der Waals surface area contributed by atoms with Gasteiger partial charge in [-0.25, -0.2) is 0 Å². The van der Waals surface area contributed by atoms with Gasteiger partial charge in [0.1, 0.15) is 30.2 Å². The molecule has 2 heterocycles. The number of hydrogen-bond donors (Lipinski definition) is 0. The van der Waals surface area contributed by atoms with Crippen molar-refractivity contribution in [3.8, 4) is 5.75 Å². The maximum absolute atomic E-state index is 5.76. The van der Waals surface area contributed by atoms with Crippen LogP contribution in [0.5, 0.6) is 5.75 Å². The smallest absolute Gasteiger partial charge is 0.211 e. The van der Waals surface area contributed by atoms with E-state index in [0.29, 0.717) is 12.4 Å². The zero-order valence-corrected chi connectivity index (χ0v) is 13.7. The minimum Gasteiger partial charge on any atom is -0.485 e. The molecule has 23 heavy (non-hydrogen) atoms. The lowest BCUT2D eigenvalue weighted by Gasteiger charge is -2.06. The Kier molecular flexibility index (Phi) is 4.77. The lowest BCUT2D eigenvalue weighted by atomic mass is 10.2. The Morgan fingerprint density at radius 2 is 2.17 bits per heavy atom. The Morgan fingerprint density at radius 3 is 3.00 bits per heavy atom. The summed E-state index contributed by atoms with van der Waals surface area (Å²) in [5, 5.41) is 12.7. The van der Waals surface area contributed by atoms with Crippen LogP contribution in [-0.4, -0.2) is 27.3 Å². The molecule has 0 aliphatic heterocycles. The third kappa shape index (κ3) is 3.81. The molecule has 0 aliphatic carbocycles. The summed E-state index contributed by atoms with van der Waals surface area (Å²) in [6.45, 7) is 2.39. The maximum Gasteiger partial charge on any atom is 0.211 e. The Labute approximate surface area is 138 Å². The fourth-order valence-corrected chi connectivity index (χ4v) is 2.37. The summed E-state index contributed by atoms with van der Waals surface area (Å²) in [5.74, 6) is 2.24. The molecular weight excluding hydrogens is 312 g/mol. The van der Waals surface area contributed by atoms with E-state index in [9.17, 15) is 0 Å². The molecule has 0 aliphatic rings. The quantitative estimate of drug-likeness (QED) is 0.513. The molecule has 0 spiro atoms. The molecule has 0 atom stereocenters. The van der Waals surface area contributed by atoms with E-state index < -0.39 is 0 Å². The van der Waals surface area contributed by atoms with Gasteiger partial charge in [-0.3, -0.25) is 0 Å². The predicted octanol–water partition coefficient (Wildman–Crippen LogP) is 3.36. The van der Waals surface area contributed by atoms with Crippen molar-refractivity contribution in [1.82, 2.24) is 14.9 Å². The first-order chi connectivity index (χ1) is 11.3. The highest BCUT2D eigenvalue weighted by atomic mass is 32.2. The summed E-state index contributed by atoms with van der Waals surface area (Å²) in [6, 6.07) is 11.6. The molecule has 0 fully saturated rings. The molecule has 0 bridgehead atoms. The van der Waals surface area contributed by atoms with Crippen molar-refractivity contribution >= 4 is 18.0 Å². The number of aryl methyl sites for hydroxylation is 1. The van der Waals surface area contributed by atoms with Gasteiger partial charge in [-0.15, -0.1) is 10.2 Å². The van der Waals surface area contributed by atoms with Crippen LogP contribution in [0.4, 0.5) is 0 Å². The second-order valence-corrected chi connectivity index (χ2v) is 5.54. The van der Waals surface area contributed by atoms with Crippen molar-refractivity contribution in [2.75, 3.05) is 6.26 Å². The molecule has 3 aromatic rings. The van der Waals surface area contributed by atoms with Gasteiger partial charge in [0.15, 0.2) is 0 Å². The summed E-state index contributed by atoms with van der Waals surface area (Å²) in [4.78, 5) is 0. The lowest BCUT2D eigenvalue weighted by Crippen LogP contribution is -1.95. The van der Waals surface area contributed by atoms with Gasteiger partial charge in [0, 0.05) is 0 Å². The van der Waals surface area contributed by atoms with Crippen LogP contribution in [-0.2, 0) is 6.61 Å². The van der Waals surface area contributed by atoms with E-state index in [1.807, 2.05) is 49.6 Å². The van der Waals surface area contributed by atoms with Crippen molar-refractivity contribution in [1.29, 1.82) is 0 Å². The fraction of sp³-hybridized carbons (Fsp3) is 0.188. The van der Waals surface area contributed by atoms with E-state index in [4.69, 9.17) is 9.15 Å². The minimum atomic E-state index is 0.376. The molecule has 6 nitrogen and oxygen atoms in total. The molecule has 2 aromatic heterocycles. The summed E-state index contributed by atoms with van der Waals surface area (Å²) in [6.07, 6.45) is 5.10. The molecular formula is C16H16N4O2S. The molecule has 0 amide bonds. The normalized spacial score (nSPS) is 11.2. The first-order valence-corrected chi connectivity index (χ1v) is 8.24. The topological polar surface area (TPSA) is 65.4 Å². The number of ether oxygens (including phenoxy) is 1. The average Bonchev–Trinajstić information content (AvgIpc) is 3.21. The van der Waals surface area contributed by atoms with Crippen molar-refractivity contribution in [3.63, 3.8) is 0 Å². The molecule has 0 saturated carbocycles. The van der Waals surface area contributed by atoms with E-state index in [1.54, 1.807) is 17.2 Å². The zero-order valence-electron chi connectivity index (χ0n) is 12.8. The highest BCUT2D eigenvalue weighted by Crippen LogP contribution is 2.18. The Morgan fingerprint density at radius 1 is 1.30 bits per heavy atom. The van der Waals surface area contributed by atoms with Crippen LogP contribution in [0, 0.1) is 6.92 Å². The van der Waals surface area contributed by atoms with E-state index in [-0.39, 0.29) is 0 Å². The zero-order chi connectivity index (χ0) is 16.1. The summed E-state index contributed by atoms with van der Waals surface area (Å²) in [7, 11) is 0. The van der Waals surface area contributed by atoms with Crippen LogP contribution in [0.15, 0.2) is 57.4 Å². The van der Waals surface area contributed by atoms with Gasteiger partial charge in [-0.05, 0) is 36.9 Å². The van der Waals surface area contributed by atoms with Crippen molar-refractivity contribution in [3.05, 3.63) is 59.8 Å². The lowest BCUT2D eigenvalue weighted by molar-refractivity contribution is 0.268. The van der Waals surface area contributed by atoms with Crippen LogP contribution in [0.1, 0.15) is 17.1 Å². The van der Waals surface area contributed by atoms with E-state index in [1.165, 1.54) is 11.8 Å². The summed E-state index contributed by atoms with van der Waals surface area (Å²) < 4.78 is 13.0. The van der Waals surface area contributed by atoms with Gasteiger partial charge >= 0.3 is 0 Å². The third-order valence-electron chi connectivity index (χ3n) is 3.14. The number of rotatable bonds is 6. The molecule has 1 aromatic carbocycles. The number of aromatic nitrogens is 3. The number of benzene rings is 1. The average molecular weight is 328 g/mol. The molecule has 0 saturated heterocycles. The van der Waals surface area contributed by atoms with Crippen LogP contribution < -0.4 is 4.74 Å². The van der Waals surface area contributed by atoms with Gasteiger partial charge in [0.2, 0.25) is 5.16 Å². The minimum absolute atomic E-state index is 0.376. The van der Waals surface area contributed by atoms with Gasteiger partial charge in [0.05, 0.1) is 6.21 Å². The van der Waals surface area contributed by atoms with Crippen LogP contribution in [0.2, 0.25) is 0 Å². The molecule has 3 rings (SSSR count). The monoisotopic (exact) mass is 328 g/mol. The Balaban J connectivity index is 1.63. The number of para-hydroxylation sites is 1. The summed E-state index contributed by atoms with van der Waals surface area (Å²) >= 11 is 1.47. The molecule has 118 valence electrons. The largest absolute Gasteiger partial charge is 0.485 e. The van der Waals surface area contributed by atoms with E-state index >= 15 is 0 Å². The number of hydrogen-bond acceptors (Lipinski definition) is 6. The Hall–Kier alpha value is -2.54. The van der Waals surface area contributed by atoms with Gasteiger partial charge < -0.3 is 9.15 Å². The van der Waals surface area contributed by atoms with Crippen LogP contribution in [0.3, 0.4) is 0 Å². The van der Waals surface area contributed by atoms with Crippen molar-refractivity contribution in [2.45, 2.75) is 18.7 Å². The maximum atomic E-state index is 5.76. The van der Waals surface area contributed by atoms with Crippen LogP contribution >= 0.6 is 11.8 Å². The highest BCUT2D eigenvalue weighted by molar-refractivity contribution is 7.98. The Bertz CT molecular complexity index is 810. The van der Waals surface area contributed by atoms with E-state index in [0.717, 1.165) is 22.2 Å². The SMILES string of the molecule is CSc1nncn1/N=C\c1ccc(COc2ccccc2C)o1. The predicted molar refractivity (Wildman–Crippen MR) is 89.0 cm³/mol. The molecule has 0 radical (unpaired) electrons. The molecule has 0 unspecified atom stereocenters. The second-order valence-electron chi connectivity index (χ2n) is 4.77. The first-order valence-electron chi connectivity index (χ1n) is 7.02. The van der Waals surface area contributed by atoms with Crippen LogP contribution in [0.25, 0.3) is 0 Å². The fourth-order valence-electron chi connectivity index (χ4n) is 1.96. The summed E-state index contributed by atoms with van der Waals surface area (Å²) in [5.41, 5.74) is 1.10. The van der Waals surface area contributed by atoms with Gasteiger partial charge in [-0.2, -0.15) is 9.78 Å². The molecule has 7 heteroatoms. The first kappa shape index (κ1) is 15.4. The standard InChI is InChI=1S/C16H16N4O2S/c1-12-5-3-4-6-15(12)21-10-14-8-7-13(22-14)9-18-20-11-17-19-16(20)23-2/h3-9,11H,10H2,1-2H3/b18-9-.